The fourth-order valence-electron chi connectivity index (χ4n) is 6.46. The molecule has 0 aliphatic rings. The van der Waals surface area contributed by atoms with Crippen LogP contribution in [0.5, 0.6) is 0 Å². The van der Waals surface area contributed by atoms with Gasteiger partial charge in [-0.1, -0.05) is 78.9 Å². The zero-order valence-corrected chi connectivity index (χ0v) is 23.5. The summed E-state index contributed by atoms with van der Waals surface area (Å²) in [4.78, 5) is 20.0. The molecule has 9 aromatic rings. The molecule has 0 unspecified atom stereocenters. The molecule has 0 radical (unpaired) electrons. The first-order valence-electron chi connectivity index (χ1n) is 14.6. The van der Waals surface area contributed by atoms with Gasteiger partial charge < -0.3 is 0 Å². The van der Waals surface area contributed by atoms with Crippen molar-refractivity contribution in [3.8, 4) is 34.3 Å². The van der Waals surface area contributed by atoms with Crippen molar-refractivity contribution >= 4 is 43.6 Å². The monoisotopic (exact) mass is 564 g/mol. The zero-order valence-electron chi connectivity index (χ0n) is 23.5. The summed E-state index contributed by atoms with van der Waals surface area (Å²) in [6, 6.07) is 43.9. The number of para-hydroxylation sites is 4. The summed E-state index contributed by atoms with van der Waals surface area (Å²) >= 11 is 0. The van der Waals surface area contributed by atoms with E-state index >= 15 is 0 Å². The summed E-state index contributed by atoms with van der Waals surface area (Å²) in [6.45, 7) is 0. The molecular weight excluding hydrogens is 540 g/mol. The normalized spacial score (nSPS) is 11.6. The first kappa shape index (κ1) is 24.5. The standard InChI is InChI=1S/C38H24N6/c1-5-16-31-26(11-1)27-12-2-6-17-32(27)43(31)37-35(25-20-23-39-24-21-25)36(30-15-9-10-22-40-30)41-38(42-37)44-33-18-7-3-13-28(33)29-14-4-8-19-34(29)44/h1-24H. The molecule has 0 aliphatic heterocycles. The van der Waals surface area contributed by atoms with E-state index in [-0.39, 0.29) is 0 Å². The molecule has 206 valence electrons. The highest BCUT2D eigenvalue weighted by atomic mass is 15.2. The van der Waals surface area contributed by atoms with Crippen LogP contribution >= 0.6 is 0 Å². The average Bonchev–Trinajstić information content (AvgIpc) is 3.62. The molecule has 4 aromatic carbocycles. The van der Waals surface area contributed by atoms with Gasteiger partial charge in [-0.15, -0.1) is 0 Å². The van der Waals surface area contributed by atoms with Crippen molar-refractivity contribution in [1.82, 2.24) is 29.1 Å². The Morgan fingerprint density at radius 3 is 1.45 bits per heavy atom. The van der Waals surface area contributed by atoms with Crippen LogP contribution in [0, 0.1) is 0 Å². The van der Waals surface area contributed by atoms with Crippen LogP contribution in [0.4, 0.5) is 0 Å². The number of nitrogens with zero attached hydrogens (tertiary/aromatic N) is 6. The lowest BCUT2D eigenvalue weighted by Gasteiger charge is -2.18. The van der Waals surface area contributed by atoms with Crippen molar-refractivity contribution in [1.29, 1.82) is 0 Å². The molecule has 9 rings (SSSR count). The Hall–Kier alpha value is -6.14. The largest absolute Gasteiger partial charge is 0.293 e. The first-order chi connectivity index (χ1) is 21.9. The molecule has 0 atom stereocenters. The molecule has 0 saturated heterocycles. The second kappa shape index (κ2) is 9.71. The van der Waals surface area contributed by atoms with Crippen LogP contribution in [0.15, 0.2) is 146 Å². The van der Waals surface area contributed by atoms with Crippen molar-refractivity contribution in [2.24, 2.45) is 0 Å². The Morgan fingerprint density at radius 2 is 0.932 bits per heavy atom. The van der Waals surface area contributed by atoms with Gasteiger partial charge in [-0.2, -0.15) is 4.98 Å². The zero-order chi connectivity index (χ0) is 29.0. The molecule has 5 aromatic heterocycles. The molecule has 0 N–H and O–H groups in total. The number of hydrogen-bond donors (Lipinski definition) is 0. The van der Waals surface area contributed by atoms with Crippen molar-refractivity contribution in [2.75, 3.05) is 0 Å². The van der Waals surface area contributed by atoms with Gasteiger partial charge in [-0.25, -0.2) is 4.98 Å². The number of pyridine rings is 2. The van der Waals surface area contributed by atoms with Crippen LogP contribution in [0.25, 0.3) is 77.9 Å². The van der Waals surface area contributed by atoms with Crippen LogP contribution in [0.3, 0.4) is 0 Å². The predicted molar refractivity (Wildman–Crippen MR) is 177 cm³/mol. The predicted octanol–water partition coefficient (Wildman–Crippen LogP) is 8.79. The van der Waals surface area contributed by atoms with Gasteiger partial charge in [0.15, 0.2) is 5.82 Å². The minimum atomic E-state index is 0.581. The van der Waals surface area contributed by atoms with Gasteiger partial charge in [0.1, 0.15) is 5.69 Å². The van der Waals surface area contributed by atoms with E-state index in [1.165, 1.54) is 10.8 Å². The van der Waals surface area contributed by atoms with Crippen molar-refractivity contribution < 1.29 is 0 Å². The fourth-order valence-corrected chi connectivity index (χ4v) is 6.46. The topological polar surface area (TPSA) is 61.4 Å². The maximum absolute atomic E-state index is 5.49. The van der Waals surface area contributed by atoms with Gasteiger partial charge in [-0.3, -0.25) is 19.1 Å². The van der Waals surface area contributed by atoms with Gasteiger partial charge in [-0.05, 0) is 54.1 Å². The summed E-state index contributed by atoms with van der Waals surface area (Å²) in [7, 11) is 0. The third kappa shape index (κ3) is 3.61. The molecule has 5 heterocycles. The Bertz CT molecular complexity index is 2390. The van der Waals surface area contributed by atoms with Gasteiger partial charge >= 0.3 is 0 Å². The van der Waals surface area contributed by atoms with Crippen molar-refractivity contribution in [3.05, 3.63) is 146 Å². The maximum atomic E-state index is 5.49. The van der Waals surface area contributed by atoms with E-state index in [0.717, 1.165) is 61.2 Å². The number of rotatable bonds is 4. The summed E-state index contributed by atoms with van der Waals surface area (Å²) < 4.78 is 4.44. The number of fused-ring (bicyclic) bond motifs is 6. The lowest BCUT2D eigenvalue weighted by atomic mass is 10.0. The van der Waals surface area contributed by atoms with Crippen LogP contribution in [0.1, 0.15) is 0 Å². The van der Waals surface area contributed by atoms with E-state index < -0.39 is 0 Å². The number of hydrogen-bond acceptors (Lipinski definition) is 4. The summed E-state index contributed by atoms with van der Waals surface area (Å²) in [5, 5.41) is 4.64. The van der Waals surface area contributed by atoms with Crippen LogP contribution in [-0.2, 0) is 0 Å². The minimum Gasteiger partial charge on any atom is -0.293 e. The van der Waals surface area contributed by atoms with Crippen molar-refractivity contribution in [2.45, 2.75) is 0 Å². The summed E-state index contributed by atoms with van der Waals surface area (Å²) in [5.41, 5.74) is 7.61. The molecule has 0 saturated carbocycles. The molecule has 44 heavy (non-hydrogen) atoms. The molecule has 6 heteroatoms. The quantitative estimate of drug-likeness (QED) is 0.214. The van der Waals surface area contributed by atoms with E-state index in [4.69, 9.17) is 15.0 Å². The molecule has 0 aliphatic carbocycles. The Morgan fingerprint density at radius 1 is 0.432 bits per heavy atom. The van der Waals surface area contributed by atoms with Crippen LogP contribution < -0.4 is 0 Å². The second-order valence-corrected chi connectivity index (χ2v) is 10.8. The highest BCUT2D eigenvalue weighted by molar-refractivity contribution is 6.10. The average molecular weight is 565 g/mol. The molecule has 0 fully saturated rings. The van der Waals surface area contributed by atoms with Crippen LogP contribution in [-0.4, -0.2) is 29.1 Å². The fraction of sp³-hybridized carbons (Fsp3) is 0. The smallest absolute Gasteiger partial charge is 0.237 e. The second-order valence-electron chi connectivity index (χ2n) is 10.8. The Kier molecular flexibility index (Phi) is 5.40. The summed E-state index contributed by atoms with van der Waals surface area (Å²) in [6.07, 6.45) is 5.44. The third-order valence-corrected chi connectivity index (χ3v) is 8.33. The van der Waals surface area contributed by atoms with Gasteiger partial charge in [0.25, 0.3) is 0 Å². The van der Waals surface area contributed by atoms with Crippen molar-refractivity contribution in [3.63, 3.8) is 0 Å². The van der Waals surface area contributed by atoms with E-state index in [0.29, 0.717) is 5.95 Å². The molecule has 0 amide bonds. The highest BCUT2D eigenvalue weighted by Crippen LogP contribution is 2.40. The first-order valence-corrected chi connectivity index (χ1v) is 14.6. The molecule has 0 spiro atoms. The SMILES string of the molecule is c1ccc(-c2nc(-n3c4ccccc4c4ccccc43)nc(-n3c4ccccc4c4ccccc43)c2-c2ccncc2)nc1. The Balaban J connectivity index is 1.50. The van der Waals surface area contributed by atoms with E-state index in [9.17, 15) is 0 Å². The summed E-state index contributed by atoms with van der Waals surface area (Å²) in [5.74, 6) is 1.36. The number of aromatic nitrogens is 6. The maximum Gasteiger partial charge on any atom is 0.237 e. The molecular formula is C38H24N6. The molecule has 6 nitrogen and oxygen atoms in total. The lowest BCUT2D eigenvalue weighted by Crippen LogP contribution is -2.10. The number of benzene rings is 4. The van der Waals surface area contributed by atoms with Crippen LogP contribution in [0.2, 0.25) is 0 Å². The van der Waals surface area contributed by atoms with E-state index in [1.807, 2.05) is 48.9 Å². The van der Waals surface area contributed by atoms with Gasteiger partial charge in [0.05, 0.1) is 33.3 Å². The third-order valence-electron chi connectivity index (χ3n) is 8.33. The van der Waals surface area contributed by atoms with Gasteiger partial charge in [0, 0.05) is 40.1 Å². The molecule has 0 bridgehead atoms. The van der Waals surface area contributed by atoms with Gasteiger partial charge in [0.2, 0.25) is 5.95 Å². The minimum absolute atomic E-state index is 0.581. The lowest BCUT2D eigenvalue weighted by molar-refractivity contribution is 0.952. The van der Waals surface area contributed by atoms with E-state index in [2.05, 4.69) is 111 Å². The Labute approximate surface area is 252 Å². The van der Waals surface area contributed by atoms with E-state index in [1.54, 1.807) is 0 Å². The highest BCUT2D eigenvalue weighted by Gasteiger charge is 2.25.